The summed E-state index contributed by atoms with van der Waals surface area (Å²) < 4.78 is 16.0. The molecule has 0 spiro atoms. The predicted octanol–water partition coefficient (Wildman–Crippen LogP) is 6.78. The number of amides is 2. The highest BCUT2D eigenvalue weighted by atomic mass is 35.5. The molecule has 2 amide bonds. The number of aliphatic hydroxyl groups is 1. The molecule has 1 aliphatic carbocycles. The second-order valence-electron chi connectivity index (χ2n) is 14.0. The van der Waals surface area contributed by atoms with E-state index < -0.39 is 0 Å². The number of anilines is 1. The molecule has 12 nitrogen and oxygen atoms in total. The number of benzene rings is 2. The molecule has 3 atom stereocenters. The molecule has 0 radical (unpaired) electrons. The third-order valence-corrected chi connectivity index (χ3v) is 9.78. The first-order valence-corrected chi connectivity index (χ1v) is 17.5. The van der Waals surface area contributed by atoms with Crippen LogP contribution >= 0.6 is 11.6 Å². The number of halogens is 1. The van der Waals surface area contributed by atoms with Gasteiger partial charge in [-0.1, -0.05) is 56.6 Å². The van der Waals surface area contributed by atoms with Crippen LogP contribution in [0, 0.1) is 0 Å². The first-order chi connectivity index (χ1) is 24.1. The van der Waals surface area contributed by atoms with Crippen LogP contribution in [0.25, 0.3) is 11.3 Å². The van der Waals surface area contributed by atoms with Crippen molar-refractivity contribution in [3.8, 4) is 17.2 Å². The van der Waals surface area contributed by atoms with Gasteiger partial charge in [0, 0.05) is 17.5 Å². The molecule has 2 aliphatic rings. The first-order valence-electron chi connectivity index (χ1n) is 17.1. The lowest BCUT2D eigenvalue weighted by Crippen LogP contribution is -2.36. The van der Waals surface area contributed by atoms with Crippen LogP contribution in [0.2, 0.25) is 5.02 Å². The maximum atomic E-state index is 13.6. The lowest BCUT2D eigenvalue weighted by molar-refractivity contribution is 0.171. The number of pyridine rings is 1. The van der Waals surface area contributed by atoms with Crippen molar-refractivity contribution in [3.05, 3.63) is 94.5 Å². The molecule has 0 unspecified atom stereocenters. The van der Waals surface area contributed by atoms with Gasteiger partial charge in [0.1, 0.15) is 30.0 Å². The summed E-state index contributed by atoms with van der Waals surface area (Å²) in [5, 5.41) is 29.7. The van der Waals surface area contributed by atoms with Gasteiger partial charge in [0.2, 0.25) is 0 Å². The van der Waals surface area contributed by atoms with Crippen LogP contribution in [0.4, 0.5) is 10.6 Å². The van der Waals surface area contributed by atoms with Crippen LogP contribution < -0.4 is 20.1 Å². The molecule has 2 aromatic carbocycles. The van der Waals surface area contributed by atoms with Gasteiger partial charge in [-0.2, -0.15) is 5.10 Å². The minimum absolute atomic E-state index is 0.105. The smallest absolute Gasteiger partial charge is 0.320 e. The van der Waals surface area contributed by atoms with Gasteiger partial charge in [0.25, 0.3) is 0 Å². The van der Waals surface area contributed by atoms with Crippen molar-refractivity contribution in [1.82, 2.24) is 34.6 Å². The van der Waals surface area contributed by atoms with Crippen LogP contribution in [0.3, 0.4) is 0 Å². The number of aromatic nitrogens is 5. The number of nitrogens with one attached hydrogen (secondary N) is 2. The van der Waals surface area contributed by atoms with Gasteiger partial charge >= 0.3 is 6.03 Å². The van der Waals surface area contributed by atoms with Gasteiger partial charge in [-0.3, -0.25) is 14.6 Å². The van der Waals surface area contributed by atoms with Gasteiger partial charge in [-0.15, -0.1) is 10.2 Å². The van der Waals surface area contributed by atoms with Crippen molar-refractivity contribution in [2.45, 2.75) is 70.1 Å². The summed E-state index contributed by atoms with van der Waals surface area (Å²) in [6.07, 6.45) is 5.43. The Hall–Kier alpha value is -4.65. The molecular formula is C37H43ClN8O4. The predicted molar refractivity (Wildman–Crippen MR) is 191 cm³/mol. The average Bonchev–Trinajstić information content (AvgIpc) is 3.83. The molecule has 7 rings (SSSR count). The average molecular weight is 699 g/mol. The summed E-state index contributed by atoms with van der Waals surface area (Å²) in [5.41, 5.74) is 4.05. The van der Waals surface area contributed by atoms with E-state index in [0.717, 1.165) is 53.4 Å². The number of carbonyl (C=O) groups excluding carboxylic acids is 1. The van der Waals surface area contributed by atoms with E-state index in [2.05, 4.69) is 65.7 Å². The molecule has 3 aromatic heterocycles. The first kappa shape index (κ1) is 33.8. The van der Waals surface area contributed by atoms with Gasteiger partial charge in [0.05, 0.1) is 41.3 Å². The van der Waals surface area contributed by atoms with Crippen LogP contribution in [0.15, 0.2) is 66.9 Å². The second kappa shape index (κ2) is 13.9. The quantitative estimate of drug-likeness (QED) is 0.154. The number of nitrogens with zero attached hydrogens (tertiary/aromatic N) is 6. The molecule has 1 aliphatic heterocycles. The molecule has 0 bridgehead atoms. The van der Waals surface area contributed by atoms with E-state index >= 15 is 0 Å². The van der Waals surface area contributed by atoms with Crippen LogP contribution in [-0.4, -0.2) is 67.2 Å². The molecule has 4 heterocycles. The van der Waals surface area contributed by atoms with Gasteiger partial charge in [-0.05, 0) is 74.7 Å². The van der Waals surface area contributed by atoms with Crippen molar-refractivity contribution in [2.24, 2.45) is 0 Å². The topological polar surface area (TPSA) is 131 Å². The fourth-order valence-corrected chi connectivity index (χ4v) is 7.02. The number of hydrogen-bond donors (Lipinski definition) is 3. The van der Waals surface area contributed by atoms with E-state index in [1.165, 1.54) is 0 Å². The Bertz CT molecular complexity index is 2000. The lowest BCUT2D eigenvalue weighted by Gasteiger charge is -2.32. The number of urea groups is 1. The normalized spacial score (nSPS) is 19.4. The van der Waals surface area contributed by atoms with Crippen molar-refractivity contribution < 1.29 is 19.4 Å². The fraction of sp³-hybridized carbons (Fsp3) is 0.405. The number of aliphatic hydroxyl groups excluding tert-OH is 1. The van der Waals surface area contributed by atoms with E-state index in [9.17, 15) is 9.90 Å². The minimum Gasteiger partial charge on any atom is -0.490 e. The SMILES string of the molecule is CN1CCC[C@H]1c1nnc2ccc(O[C@@H]3CC[C@H](NC(=O)Nc4cc(C(C)(C)C)nn4-c4ccc(Cl)c(OCCO)c4)c4ccccc43)cn12. The molecule has 13 heteroatoms. The zero-order valence-electron chi connectivity index (χ0n) is 28.8. The number of hydrogen-bond acceptors (Lipinski definition) is 8. The summed E-state index contributed by atoms with van der Waals surface area (Å²) in [5.74, 6) is 2.60. The van der Waals surface area contributed by atoms with E-state index in [-0.39, 0.29) is 42.8 Å². The second-order valence-corrected chi connectivity index (χ2v) is 14.4. The Balaban J connectivity index is 1.09. The summed E-state index contributed by atoms with van der Waals surface area (Å²) in [6.45, 7) is 7.21. The van der Waals surface area contributed by atoms with Crippen LogP contribution in [-0.2, 0) is 5.41 Å². The van der Waals surface area contributed by atoms with Gasteiger partial charge in [-0.25, -0.2) is 9.48 Å². The Kier molecular flexibility index (Phi) is 9.42. The summed E-state index contributed by atoms with van der Waals surface area (Å²) in [7, 11) is 2.13. The van der Waals surface area contributed by atoms with Crippen molar-refractivity contribution in [3.63, 3.8) is 0 Å². The monoisotopic (exact) mass is 698 g/mol. The van der Waals surface area contributed by atoms with E-state index in [4.69, 9.17) is 26.2 Å². The Labute approximate surface area is 296 Å². The molecule has 262 valence electrons. The van der Waals surface area contributed by atoms with E-state index in [0.29, 0.717) is 35.1 Å². The molecule has 50 heavy (non-hydrogen) atoms. The lowest BCUT2D eigenvalue weighted by atomic mass is 9.85. The van der Waals surface area contributed by atoms with Crippen molar-refractivity contribution in [2.75, 3.05) is 32.1 Å². The van der Waals surface area contributed by atoms with Crippen LogP contribution in [0.1, 0.15) is 87.3 Å². The van der Waals surface area contributed by atoms with E-state index in [1.54, 1.807) is 16.8 Å². The van der Waals surface area contributed by atoms with Gasteiger partial charge < -0.3 is 19.9 Å². The largest absolute Gasteiger partial charge is 0.490 e. The zero-order valence-corrected chi connectivity index (χ0v) is 29.5. The summed E-state index contributed by atoms with van der Waals surface area (Å²) in [4.78, 5) is 16.0. The maximum Gasteiger partial charge on any atom is 0.320 e. The maximum absolute atomic E-state index is 13.6. The number of carbonyl (C=O) groups is 1. The molecule has 3 N–H and O–H groups in total. The highest BCUT2D eigenvalue weighted by Crippen LogP contribution is 2.39. The summed E-state index contributed by atoms with van der Waals surface area (Å²) >= 11 is 6.35. The molecular weight excluding hydrogens is 656 g/mol. The van der Waals surface area contributed by atoms with Gasteiger partial charge in [0.15, 0.2) is 11.5 Å². The number of ether oxygens (including phenoxy) is 2. The Morgan fingerprint density at radius 3 is 2.62 bits per heavy atom. The van der Waals surface area contributed by atoms with Crippen molar-refractivity contribution in [1.29, 1.82) is 0 Å². The fourth-order valence-electron chi connectivity index (χ4n) is 6.84. The molecule has 5 aromatic rings. The van der Waals surface area contributed by atoms with Crippen LogP contribution in [0.5, 0.6) is 11.5 Å². The number of likely N-dealkylation sites (tertiary alicyclic amines) is 1. The molecule has 1 fully saturated rings. The van der Waals surface area contributed by atoms with E-state index in [1.807, 2.05) is 47.0 Å². The third-order valence-electron chi connectivity index (χ3n) is 9.47. The standard InChI is InChI=1S/C37H43ClN8O4/c1-37(2,3)32-21-34(46(43-32)23-11-13-27(38)31(20-23)49-19-18-47)40-36(48)39-28-14-15-30(26-9-6-5-8-25(26)28)50-24-12-16-33-41-42-35(45(33)22-24)29-10-7-17-44(29)4/h5-6,8-9,11-13,16,20-22,28-30,47H,7,10,14-15,17-19H2,1-4H3,(H2,39,40,48)/t28-,29-,30+/m0/s1. The number of rotatable bonds is 9. The zero-order chi connectivity index (χ0) is 35.0. The highest BCUT2D eigenvalue weighted by molar-refractivity contribution is 6.32. The minimum atomic E-state index is -0.348. The molecule has 1 saturated heterocycles. The third kappa shape index (κ3) is 6.87. The number of fused-ring (bicyclic) bond motifs is 2. The summed E-state index contributed by atoms with van der Waals surface area (Å²) in [6, 6.07) is 18.8. The molecule has 0 saturated carbocycles. The Morgan fingerprint density at radius 1 is 1.04 bits per heavy atom. The van der Waals surface area contributed by atoms with Crippen molar-refractivity contribution >= 4 is 29.1 Å². The Morgan fingerprint density at radius 2 is 1.86 bits per heavy atom. The highest BCUT2D eigenvalue weighted by Gasteiger charge is 2.31.